The van der Waals surface area contributed by atoms with Gasteiger partial charge in [-0.1, -0.05) is 220 Å². The lowest BCUT2D eigenvalue weighted by Crippen LogP contribution is -2.48. The molecule has 4 heterocycles. The molecule has 1 unspecified atom stereocenters. The van der Waals surface area contributed by atoms with Gasteiger partial charge in [-0.05, 0) is 213 Å². The van der Waals surface area contributed by atoms with Crippen LogP contribution in [0.3, 0.4) is 0 Å². The lowest BCUT2D eigenvalue weighted by Gasteiger charge is -2.28. The molecule has 12 atom stereocenters. The molecular formula is C112H144N16O16. The zero-order chi connectivity index (χ0) is 104. The molecule has 0 aliphatic carbocycles. The van der Waals surface area contributed by atoms with Crippen molar-refractivity contribution in [2.24, 2.45) is 81.4 Å². The monoisotopic (exact) mass is 1970 g/mol. The van der Waals surface area contributed by atoms with Crippen LogP contribution >= 0.6 is 0 Å². The molecule has 4 fully saturated rings. The van der Waals surface area contributed by atoms with Gasteiger partial charge in [-0.25, -0.2) is 0 Å². The number of nitrogens with one attached hydrogen (secondary N) is 4. The highest BCUT2D eigenvalue weighted by molar-refractivity contribution is 6.03. The largest absolute Gasteiger partial charge is 0.369 e. The Bertz CT molecular complexity index is 5120. The standard InChI is InChI=1S/4C28H36N4O4/c2*29-16-8-7-14-22(28(36)32-17-9-15-24(32)26(30)34)19-25(33)23(18-20-10-3-1-4-11-20)31-27(35)21-12-5-2-6-13-21;2*29-15-8-7-13-22(28(36)32-16-14-23(19-32)26(30)34)18-25(33)24(17-20-9-3-1-4-10-20)31-27(35)21-11-5-2-6-12-21/h2*1-6,10-13,22-24H,7-9,14-19,29H2,(H2,30,34)(H,31,35);2*1-6,9-12,22-24H,7-8,13-19,29H2,(H2,30,34)(H,31,35)/t22-,23+,24+;22-,23+,24-;22-,23?,24+;22-,23-,24+/m1111/s1. The molecule has 8 aromatic rings. The summed E-state index contributed by atoms with van der Waals surface area (Å²) in [6.07, 6.45) is 12.6. The average molecular weight is 1970 g/mol. The number of carbonyl (C=O) groups is 16. The fraction of sp³-hybridized carbons (Fsp3) is 0.429. The van der Waals surface area contributed by atoms with Crippen molar-refractivity contribution >= 4 is 94.0 Å². The van der Waals surface area contributed by atoms with Gasteiger partial charge in [-0.15, -0.1) is 0 Å². The van der Waals surface area contributed by atoms with E-state index in [0.717, 1.165) is 47.9 Å². The Labute approximate surface area is 844 Å². The van der Waals surface area contributed by atoms with Crippen LogP contribution in [0.2, 0.25) is 0 Å². The van der Waals surface area contributed by atoms with Crippen molar-refractivity contribution in [1.82, 2.24) is 40.9 Å². The molecule has 0 saturated carbocycles. The lowest BCUT2D eigenvalue weighted by atomic mass is 9.90. The van der Waals surface area contributed by atoms with Crippen LogP contribution in [-0.2, 0) is 83.2 Å². The van der Waals surface area contributed by atoms with Gasteiger partial charge in [-0.2, -0.15) is 0 Å². The summed E-state index contributed by atoms with van der Waals surface area (Å²) in [7, 11) is 0. The molecule has 32 heteroatoms. The third-order valence-electron chi connectivity index (χ3n) is 26.8. The van der Waals surface area contributed by atoms with Crippen LogP contribution in [0.4, 0.5) is 0 Å². The van der Waals surface area contributed by atoms with Crippen LogP contribution in [0.1, 0.15) is 205 Å². The Morgan fingerprint density at radius 1 is 0.264 bits per heavy atom. The number of likely N-dealkylation sites (tertiary alicyclic amines) is 4. The van der Waals surface area contributed by atoms with Gasteiger partial charge in [-0.3, -0.25) is 76.7 Å². The normalized spacial score (nSPS) is 16.8. The summed E-state index contributed by atoms with van der Waals surface area (Å²) < 4.78 is 0. The number of hydrogen-bond donors (Lipinski definition) is 12. The Kier molecular flexibility index (Phi) is 48.1. The van der Waals surface area contributed by atoms with E-state index in [-0.39, 0.29) is 121 Å². The quantitative estimate of drug-likeness (QED) is 0.0159. The van der Waals surface area contributed by atoms with Crippen LogP contribution in [0.25, 0.3) is 0 Å². The summed E-state index contributed by atoms with van der Waals surface area (Å²) in [4.78, 5) is 213. The summed E-state index contributed by atoms with van der Waals surface area (Å²) in [5.41, 5.74) is 50.0. The first kappa shape index (κ1) is 114. The SMILES string of the molecule is NCCCC[C@H](CC(=O)[C@H](Cc1ccccc1)NC(=O)c1ccccc1)C(=O)N1CCC(C(N)=O)C1.NCCCC[C@H](CC(=O)[C@H](Cc1ccccc1)NC(=O)c1ccccc1)C(=O)N1CCC[C@@H]1C(N)=O.NCCCC[C@H](CC(=O)[C@H](Cc1ccccc1)NC(=O)c1ccccc1)C(=O)N1CCC[C@H]1C(N)=O.NCCCC[C@H](CC(=O)[C@H](Cc1ccccc1)NC(=O)c1ccccc1)C(=O)N1CC[C@@H](C(N)=O)C1. The molecule has 768 valence electrons. The Morgan fingerprint density at radius 2 is 0.479 bits per heavy atom. The maximum absolute atomic E-state index is 13.6. The minimum Gasteiger partial charge on any atom is -0.369 e. The van der Waals surface area contributed by atoms with Crippen molar-refractivity contribution in [3.8, 4) is 0 Å². The highest BCUT2D eigenvalue weighted by Crippen LogP contribution is 2.31. The number of unbranched alkanes of at least 4 members (excludes halogenated alkanes) is 4. The molecule has 12 amide bonds. The molecule has 4 aliphatic rings. The van der Waals surface area contributed by atoms with Crippen LogP contribution in [-0.4, -0.2) is 215 Å². The second-order valence-electron chi connectivity index (χ2n) is 37.5. The molecule has 8 aromatic carbocycles. The molecule has 0 aromatic heterocycles. The van der Waals surface area contributed by atoms with E-state index in [0.29, 0.717) is 190 Å². The zero-order valence-electron chi connectivity index (χ0n) is 82.4. The molecule has 20 N–H and O–H groups in total. The van der Waals surface area contributed by atoms with E-state index < -0.39 is 83.6 Å². The van der Waals surface area contributed by atoms with E-state index in [2.05, 4.69) is 21.3 Å². The number of nitrogens with two attached hydrogens (primary N) is 8. The molecule has 4 saturated heterocycles. The van der Waals surface area contributed by atoms with Crippen molar-refractivity contribution in [2.75, 3.05) is 65.4 Å². The molecule has 4 aliphatic heterocycles. The summed E-state index contributed by atoms with van der Waals surface area (Å²) >= 11 is 0. The van der Waals surface area contributed by atoms with Crippen LogP contribution in [0.5, 0.6) is 0 Å². The maximum atomic E-state index is 13.6. The van der Waals surface area contributed by atoms with Crippen molar-refractivity contribution in [3.63, 3.8) is 0 Å². The summed E-state index contributed by atoms with van der Waals surface area (Å²) in [5, 5.41) is 11.5. The average Bonchev–Trinajstić information content (AvgIpc) is 1.71. The van der Waals surface area contributed by atoms with Gasteiger partial charge >= 0.3 is 0 Å². The summed E-state index contributed by atoms with van der Waals surface area (Å²) in [6.45, 7) is 4.37. The lowest BCUT2D eigenvalue weighted by molar-refractivity contribution is -0.142. The fourth-order valence-electron chi connectivity index (χ4n) is 18.7. The predicted molar refractivity (Wildman–Crippen MR) is 551 cm³/mol. The van der Waals surface area contributed by atoms with Crippen LogP contribution in [0, 0.1) is 35.5 Å². The molecule has 0 bridgehead atoms. The fourth-order valence-corrected chi connectivity index (χ4v) is 18.7. The van der Waals surface area contributed by atoms with Gasteiger partial charge < -0.3 is 86.7 Å². The zero-order valence-corrected chi connectivity index (χ0v) is 82.4. The number of ketones is 4. The Morgan fingerprint density at radius 3 is 0.681 bits per heavy atom. The van der Waals surface area contributed by atoms with Gasteiger partial charge in [0.25, 0.3) is 23.6 Å². The van der Waals surface area contributed by atoms with Gasteiger partial charge in [0, 0.05) is 111 Å². The number of rotatable bonds is 52. The van der Waals surface area contributed by atoms with Gasteiger partial charge in [0.05, 0.1) is 36.0 Å². The third-order valence-corrected chi connectivity index (χ3v) is 26.8. The Hall–Kier alpha value is -14.1. The molecule has 32 nitrogen and oxygen atoms in total. The number of amides is 12. The number of hydrogen-bond acceptors (Lipinski definition) is 20. The summed E-state index contributed by atoms with van der Waals surface area (Å²) in [5.74, 6) is -7.78. The van der Waals surface area contributed by atoms with Gasteiger partial charge in [0.15, 0.2) is 23.1 Å². The van der Waals surface area contributed by atoms with E-state index in [1.807, 2.05) is 146 Å². The van der Waals surface area contributed by atoms with E-state index in [9.17, 15) is 76.7 Å². The number of carbonyl (C=O) groups excluding carboxylic acids is 16. The van der Waals surface area contributed by atoms with Crippen LogP contribution < -0.4 is 67.1 Å². The first-order chi connectivity index (χ1) is 69.6. The number of Topliss-reactive ketones (excluding diaryl/α,β-unsaturated/α-hetero) is 4. The highest BCUT2D eigenvalue weighted by Gasteiger charge is 2.42. The van der Waals surface area contributed by atoms with Crippen molar-refractivity contribution in [1.29, 1.82) is 0 Å². The summed E-state index contributed by atoms with van der Waals surface area (Å²) in [6, 6.07) is 68.4. The van der Waals surface area contributed by atoms with Crippen molar-refractivity contribution in [3.05, 3.63) is 287 Å². The molecule has 12 rings (SSSR count). The van der Waals surface area contributed by atoms with Crippen LogP contribution in [0.15, 0.2) is 243 Å². The van der Waals surface area contributed by atoms with E-state index in [1.54, 1.807) is 107 Å². The number of benzene rings is 8. The van der Waals surface area contributed by atoms with Gasteiger partial charge in [0.1, 0.15) is 12.1 Å². The number of primary amides is 4. The predicted octanol–water partition coefficient (Wildman–Crippen LogP) is 8.55. The topological polar surface area (TPSA) is 542 Å². The van der Waals surface area contributed by atoms with Gasteiger partial charge in [0.2, 0.25) is 47.3 Å². The maximum Gasteiger partial charge on any atom is 0.251 e. The van der Waals surface area contributed by atoms with E-state index in [4.69, 9.17) is 45.9 Å². The van der Waals surface area contributed by atoms with E-state index in [1.165, 1.54) is 9.80 Å². The minimum absolute atomic E-state index is 0.00765. The first-order valence-corrected chi connectivity index (χ1v) is 50.4. The minimum atomic E-state index is -0.796. The van der Waals surface area contributed by atoms with Crippen molar-refractivity contribution in [2.45, 2.75) is 203 Å². The van der Waals surface area contributed by atoms with E-state index >= 15 is 0 Å². The Balaban J connectivity index is 0.000000214. The third kappa shape index (κ3) is 37.0. The number of nitrogens with zero attached hydrogens (tertiary/aromatic N) is 4. The molecular weight excluding hydrogens is 1830 g/mol. The second kappa shape index (κ2) is 61.0. The second-order valence-corrected chi connectivity index (χ2v) is 37.5. The molecule has 144 heavy (non-hydrogen) atoms. The van der Waals surface area contributed by atoms with Crippen molar-refractivity contribution < 1.29 is 76.7 Å². The highest BCUT2D eigenvalue weighted by atomic mass is 16.2. The molecule has 0 spiro atoms. The smallest absolute Gasteiger partial charge is 0.251 e. The molecule has 0 radical (unpaired) electrons. The first-order valence-electron chi connectivity index (χ1n) is 50.4.